The highest BCUT2D eigenvalue weighted by Crippen LogP contribution is 2.31. The van der Waals surface area contributed by atoms with Gasteiger partial charge >= 0.3 is 0 Å². The number of thioether (sulfide) groups is 1. The molecule has 144 valence electrons. The van der Waals surface area contributed by atoms with Crippen LogP contribution in [0.15, 0.2) is 77.8 Å². The van der Waals surface area contributed by atoms with E-state index in [0.29, 0.717) is 24.1 Å². The SMILES string of the molecule is CC1=CN(COc2nn3c(-c4ccccc4)nnc3cc2-c2ccccc2)CS1. The Kier molecular flexibility index (Phi) is 4.65. The quantitative estimate of drug-likeness (QED) is 0.485. The van der Waals surface area contributed by atoms with Crippen molar-refractivity contribution in [3.8, 4) is 28.4 Å². The first kappa shape index (κ1) is 17.8. The Morgan fingerprint density at radius 2 is 1.69 bits per heavy atom. The molecule has 5 rings (SSSR count). The number of benzene rings is 2. The normalized spacial score (nSPS) is 13.7. The van der Waals surface area contributed by atoms with Gasteiger partial charge in [0.25, 0.3) is 0 Å². The first-order chi connectivity index (χ1) is 14.3. The molecule has 0 unspecified atom stereocenters. The molecule has 0 spiro atoms. The van der Waals surface area contributed by atoms with E-state index in [1.54, 1.807) is 16.3 Å². The highest BCUT2D eigenvalue weighted by atomic mass is 32.2. The molecule has 3 heterocycles. The molecule has 2 aromatic carbocycles. The van der Waals surface area contributed by atoms with Crippen molar-refractivity contribution < 1.29 is 4.74 Å². The van der Waals surface area contributed by atoms with Gasteiger partial charge in [0.1, 0.15) is 0 Å². The molecule has 1 aliphatic rings. The molecule has 0 fully saturated rings. The molecule has 2 aromatic heterocycles. The maximum absolute atomic E-state index is 6.17. The second-order valence-electron chi connectivity index (χ2n) is 6.76. The van der Waals surface area contributed by atoms with Crippen molar-refractivity contribution in [3.05, 3.63) is 77.8 Å². The Bertz CT molecular complexity index is 1170. The van der Waals surface area contributed by atoms with E-state index in [1.807, 2.05) is 66.7 Å². The van der Waals surface area contributed by atoms with Crippen molar-refractivity contribution in [2.45, 2.75) is 6.92 Å². The van der Waals surface area contributed by atoms with Crippen molar-refractivity contribution in [1.29, 1.82) is 0 Å². The Morgan fingerprint density at radius 3 is 2.38 bits per heavy atom. The van der Waals surface area contributed by atoms with Gasteiger partial charge in [0.15, 0.2) is 18.2 Å². The van der Waals surface area contributed by atoms with Gasteiger partial charge in [0, 0.05) is 17.3 Å². The Hall–Kier alpha value is -3.32. The van der Waals surface area contributed by atoms with E-state index in [4.69, 9.17) is 9.84 Å². The van der Waals surface area contributed by atoms with E-state index in [-0.39, 0.29) is 0 Å². The molecular weight excluding hydrogens is 382 g/mol. The third-order valence-corrected chi connectivity index (χ3v) is 5.69. The van der Waals surface area contributed by atoms with Crippen LogP contribution < -0.4 is 4.74 Å². The first-order valence-corrected chi connectivity index (χ1v) is 10.3. The molecule has 0 amide bonds. The summed E-state index contributed by atoms with van der Waals surface area (Å²) in [6.07, 6.45) is 2.11. The van der Waals surface area contributed by atoms with Gasteiger partial charge in [-0.25, -0.2) is 0 Å². The zero-order chi connectivity index (χ0) is 19.6. The molecule has 7 heteroatoms. The second-order valence-corrected chi connectivity index (χ2v) is 7.96. The lowest BCUT2D eigenvalue weighted by Crippen LogP contribution is -2.20. The molecular formula is C22H19N5OS. The van der Waals surface area contributed by atoms with Crippen LogP contribution in [-0.2, 0) is 0 Å². The van der Waals surface area contributed by atoms with Crippen LogP contribution in [0.5, 0.6) is 5.88 Å². The average Bonchev–Trinajstić information content (AvgIpc) is 3.38. The summed E-state index contributed by atoms with van der Waals surface area (Å²) < 4.78 is 7.92. The number of aromatic nitrogens is 4. The lowest BCUT2D eigenvalue weighted by atomic mass is 10.1. The minimum atomic E-state index is 0.436. The van der Waals surface area contributed by atoms with Gasteiger partial charge in [-0.3, -0.25) is 0 Å². The summed E-state index contributed by atoms with van der Waals surface area (Å²) in [6, 6.07) is 22.0. The monoisotopic (exact) mass is 401 g/mol. The smallest absolute Gasteiger partial charge is 0.241 e. The van der Waals surface area contributed by atoms with Crippen LogP contribution in [0.4, 0.5) is 0 Å². The maximum atomic E-state index is 6.17. The predicted molar refractivity (Wildman–Crippen MR) is 115 cm³/mol. The van der Waals surface area contributed by atoms with E-state index >= 15 is 0 Å². The van der Waals surface area contributed by atoms with Crippen molar-refractivity contribution in [2.24, 2.45) is 0 Å². The van der Waals surface area contributed by atoms with Crippen molar-refractivity contribution >= 4 is 17.4 Å². The summed E-state index contributed by atoms with van der Waals surface area (Å²) >= 11 is 1.81. The van der Waals surface area contributed by atoms with E-state index in [0.717, 1.165) is 22.6 Å². The van der Waals surface area contributed by atoms with Gasteiger partial charge in [-0.15, -0.1) is 27.1 Å². The highest BCUT2D eigenvalue weighted by molar-refractivity contribution is 8.03. The molecule has 0 bridgehead atoms. The van der Waals surface area contributed by atoms with Crippen molar-refractivity contribution in [3.63, 3.8) is 0 Å². The molecule has 0 atom stereocenters. The number of fused-ring (bicyclic) bond motifs is 1. The number of hydrogen-bond acceptors (Lipinski definition) is 6. The molecule has 4 aromatic rings. The molecule has 0 radical (unpaired) electrons. The van der Waals surface area contributed by atoms with E-state index in [1.165, 1.54) is 4.91 Å². The van der Waals surface area contributed by atoms with Crippen LogP contribution in [0.2, 0.25) is 0 Å². The number of ether oxygens (including phenoxy) is 1. The number of rotatable bonds is 5. The summed E-state index contributed by atoms with van der Waals surface area (Å²) in [4.78, 5) is 3.41. The largest absolute Gasteiger partial charge is 0.455 e. The standard InChI is InChI=1S/C22H19N5OS/c1-16-13-26(15-29-16)14-28-22-19(17-8-4-2-5-9-17)12-20-23-24-21(27(20)25-22)18-10-6-3-7-11-18/h2-13H,14-15H2,1H3. The fraction of sp³-hybridized carbons (Fsp3) is 0.136. The van der Waals surface area contributed by atoms with Gasteiger partial charge in [-0.05, 0) is 23.5 Å². The zero-order valence-electron chi connectivity index (χ0n) is 15.9. The zero-order valence-corrected chi connectivity index (χ0v) is 16.7. The van der Waals surface area contributed by atoms with E-state index in [2.05, 4.69) is 28.2 Å². The molecule has 0 aliphatic carbocycles. The number of allylic oxidation sites excluding steroid dienone is 1. The van der Waals surface area contributed by atoms with Gasteiger partial charge in [0.05, 0.1) is 5.88 Å². The van der Waals surface area contributed by atoms with Gasteiger partial charge in [-0.1, -0.05) is 60.7 Å². The molecule has 29 heavy (non-hydrogen) atoms. The molecule has 0 saturated carbocycles. The first-order valence-electron chi connectivity index (χ1n) is 9.33. The Morgan fingerprint density at radius 1 is 0.966 bits per heavy atom. The lowest BCUT2D eigenvalue weighted by Gasteiger charge is -2.17. The summed E-state index contributed by atoms with van der Waals surface area (Å²) in [5, 5.41) is 13.5. The fourth-order valence-electron chi connectivity index (χ4n) is 3.25. The van der Waals surface area contributed by atoms with Crippen molar-refractivity contribution in [1.82, 2.24) is 24.7 Å². The van der Waals surface area contributed by atoms with Crippen LogP contribution in [0.3, 0.4) is 0 Å². The number of hydrogen-bond donors (Lipinski definition) is 0. The van der Waals surface area contributed by atoms with Gasteiger partial charge in [-0.2, -0.15) is 4.52 Å². The van der Waals surface area contributed by atoms with Crippen LogP contribution in [0, 0.1) is 0 Å². The Balaban J connectivity index is 1.58. The third-order valence-electron chi connectivity index (χ3n) is 4.67. The summed E-state index contributed by atoms with van der Waals surface area (Å²) in [6.45, 7) is 2.54. The Labute approximate surface area is 172 Å². The van der Waals surface area contributed by atoms with Crippen LogP contribution in [-0.4, -0.2) is 37.3 Å². The fourth-order valence-corrected chi connectivity index (χ4v) is 3.99. The van der Waals surface area contributed by atoms with Crippen LogP contribution >= 0.6 is 11.8 Å². The van der Waals surface area contributed by atoms with Crippen LogP contribution in [0.1, 0.15) is 6.92 Å². The van der Waals surface area contributed by atoms with E-state index < -0.39 is 0 Å². The minimum absolute atomic E-state index is 0.436. The lowest BCUT2D eigenvalue weighted by molar-refractivity contribution is 0.186. The minimum Gasteiger partial charge on any atom is -0.455 e. The molecule has 0 N–H and O–H groups in total. The molecule has 0 saturated heterocycles. The maximum Gasteiger partial charge on any atom is 0.241 e. The predicted octanol–water partition coefficient (Wildman–Crippen LogP) is 4.66. The third kappa shape index (κ3) is 3.56. The average molecular weight is 401 g/mol. The molecule has 6 nitrogen and oxygen atoms in total. The number of nitrogens with zero attached hydrogens (tertiary/aromatic N) is 5. The second kappa shape index (κ2) is 7.60. The summed E-state index contributed by atoms with van der Waals surface area (Å²) in [5.74, 6) is 2.14. The topological polar surface area (TPSA) is 55.5 Å². The van der Waals surface area contributed by atoms with Gasteiger partial charge in [0.2, 0.25) is 5.88 Å². The molecule has 1 aliphatic heterocycles. The highest BCUT2D eigenvalue weighted by Gasteiger charge is 2.17. The summed E-state index contributed by atoms with van der Waals surface area (Å²) in [7, 11) is 0. The van der Waals surface area contributed by atoms with Crippen molar-refractivity contribution in [2.75, 3.05) is 12.6 Å². The summed E-state index contributed by atoms with van der Waals surface area (Å²) in [5.41, 5.74) is 3.57. The van der Waals surface area contributed by atoms with Crippen LogP contribution in [0.25, 0.3) is 28.2 Å². The van der Waals surface area contributed by atoms with Gasteiger partial charge < -0.3 is 9.64 Å². The van der Waals surface area contributed by atoms with E-state index in [9.17, 15) is 0 Å².